The molecule has 120 valence electrons. The summed E-state index contributed by atoms with van der Waals surface area (Å²) in [5.41, 5.74) is 1.06. The number of thiophene rings is 1. The number of hydrogen-bond donors (Lipinski definition) is 1. The van der Waals surface area contributed by atoms with Crippen LogP contribution in [0.3, 0.4) is 0 Å². The Morgan fingerprint density at radius 3 is 2.71 bits per heavy atom. The molecule has 0 saturated heterocycles. The first-order chi connectivity index (χ1) is 10.1. The molecule has 6 heteroatoms. The summed E-state index contributed by atoms with van der Waals surface area (Å²) in [5, 5.41) is 5.26. The van der Waals surface area contributed by atoms with Crippen molar-refractivity contribution in [2.75, 3.05) is 13.6 Å². The minimum atomic E-state index is -3.32. The highest BCUT2D eigenvalue weighted by atomic mass is 32.2. The average Bonchev–Trinajstić information content (AvgIpc) is 2.97. The molecule has 4 nitrogen and oxygen atoms in total. The van der Waals surface area contributed by atoms with Crippen molar-refractivity contribution in [3.8, 4) is 0 Å². The van der Waals surface area contributed by atoms with E-state index in [1.807, 2.05) is 11.4 Å². The molecule has 0 aliphatic heterocycles. The molecule has 1 saturated carbocycles. The van der Waals surface area contributed by atoms with Gasteiger partial charge >= 0.3 is 0 Å². The predicted octanol–water partition coefficient (Wildman–Crippen LogP) is 3.20. The third kappa shape index (κ3) is 4.28. The lowest BCUT2D eigenvalue weighted by Crippen LogP contribution is -2.37. The van der Waals surface area contributed by atoms with Crippen molar-refractivity contribution in [1.29, 1.82) is 0 Å². The van der Waals surface area contributed by atoms with Gasteiger partial charge in [0.1, 0.15) is 4.21 Å². The molecular formula is C15H26N2O2S2. The maximum atomic E-state index is 12.7. The topological polar surface area (TPSA) is 49.4 Å². The molecule has 1 aliphatic carbocycles. The summed E-state index contributed by atoms with van der Waals surface area (Å²) >= 11 is 1.34. The molecule has 0 aromatic carbocycles. The normalized spacial score (nSPS) is 17.5. The van der Waals surface area contributed by atoms with Crippen LogP contribution in [0.4, 0.5) is 0 Å². The molecule has 1 fully saturated rings. The fourth-order valence-electron chi connectivity index (χ4n) is 2.77. The Morgan fingerprint density at radius 2 is 2.05 bits per heavy atom. The second kappa shape index (κ2) is 7.72. The fourth-order valence-corrected chi connectivity index (χ4v) is 5.58. The van der Waals surface area contributed by atoms with Crippen molar-refractivity contribution < 1.29 is 8.42 Å². The van der Waals surface area contributed by atoms with Gasteiger partial charge in [0.05, 0.1) is 0 Å². The van der Waals surface area contributed by atoms with Crippen LogP contribution in [0.15, 0.2) is 15.7 Å². The van der Waals surface area contributed by atoms with E-state index in [1.165, 1.54) is 17.8 Å². The van der Waals surface area contributed by atoms with E-state index in [0.29, 0.717) is 4.21 Å². The van der Waals surface area contributed by atoms with E-state index in [4.69, 9.17) is 0 Å². The van der Waals surface area contributed by atoms with Crippen molar-refractivity contribution in [2.24, 2.45) is 0 Å². The molecule has 0 spiro atoms. The van der Waals surface area contributed by atoms with Crippen LogP contribution < -0.4 is 5.32 Å². The average molecular weight is 331 g/mol. The first-order valence-electron chi connectivity index (χ1n) is 7.82. The lowest BCUT2D eigenvalue weighted by atomic mass is 9.96. The lowest BCUT2D eigenvalue weighted by Gasteiger charge is -2.29. The zero-order chi connectivity index (χ0) is 15.3. The highest BCUT2D eigenvalue weighted by Crippen LogP contribution is 2.29. The number of nitrogens with one attached hydrogen (secondary N) is 1. The van der Waals surface area contributed by atoms with E-state index < -0.39 is 10.0 Å². The molecule has 1 aliphatic rings. The van der Waals surface area contributed by atoms with Gasteiger partial charge in [0.15, 0.2) is 0 Å². The molecule has 1 heterocycles. The maximum Gasteiger partial charge on any atom is 0.252 e. The molecule has 2 rings (SSSR count). The van der Waals surface area contributed by atoms with Crippen LogP contribution >= 0.6 is 11.3 Å². The summed E-state index contributed by atoms with van der Waals surface area (Å²) in [7, 11) is -1.59. The monoisotopic (exact) mass is 330 g/mol. The molecule has 0 radical (unpaired) electrons. The lowest BCUT2D eigenvalue weighted by molar-refractivity contribution is 0.286. The van der Waals surface area contributed by atoms with Crippen molar-refractivity contribution in [3.05, 3.63) is 17.0 Å². The van der Waals surface area contributed by atoms with E-state index in [9.17, 15) is 8.42 Å². The van der Waals surface area contributed by atoms with E-state index in [1.54, 1.807) is 11.4 Å². The number of rotatable bonds is 7. The van der Waals surface area contributed by atoms with Gasteiger partial charge in [-0.25, -0.2) is 8.42 Å². The Hall–Kier alpha value is -0.430. The summed E-state index contributed by atoms with van der Waals surface area (Å²) in [6.07, 6.45) is 6.58. The van der Waals surface area contributed by atoms with E-state index in [-0.39, 0.29) is 6.04 Å². The molecule has 0 atom stereocenters. The summed E-state index contributed by atoms with van der Waals surface area (Å²) in [5.74, 6) is 0. The second-order valence-electron chi connectivity index (χ2n) is 5.76. The standard InChI is InChI=1S/C15H26N2O2S2/c1-3-9-16-11-13-10-15(20-12-13)21(18,19)17(2)14-7-5-4-6-8-14/h10,12,14,16H,3-9,11H2,1-2H3. The molecule has 0 amide bonds. The zero-order valence-corrected chi connectivity index (χ0v) is 14.6. The Bertz CT molecular complexity index is 534. The summed E-state index contributed by atoms with van der Waals surface area (Å²) in [4.78, 5) is 0. The first-order valence-corrected chi connectivity index (χ1v) is 10.1. The van der Waals surface area contributed by atoms with Crippen molar-refractivity contribution in [2.45, 2.75) is 62.2 Å². The molecule has 1 aromatic heterocycles. The summed E-state index contributed by atoms with van der Waals surface area (Å²) in [6.45, 7) is 3.82. The van der Waals surface area contributed by atoms with Gasteiger partial charge in [-0.05, 0) is 42.8 Å². The van der Waals surface area contributed by atoms with Crippen molar-refractivity contribution >= 4 is 21.4 Å². The molecule has 0 unspecified atom stereocenters. The summed E-state index contributed by atoms with van der Waals surface area (Å²) < 4.78 is 27.5. The smallest absolute Gasteiger partial charge is 0.252 e. The molecular weight excluding hydrogens is 304 g/mol. The molecule has 1 N–H and O–H groups in total. The van der Waals surface area contributed by atoms with Crippen LogP contribution in [0.5, 0.6) is 0 Å². The molecule has 0 bridgehead atoms. The maximum absolute atomic E-state index is 12.7. The van der Waals surface area contributed by atoms with E-state index in [2.05, 4.69) is 12.2 Å². The van der Waals surface area contributed by atoms with Crippen LogP contribution in [-0.2, 0) is 16.6 Å². The minimum absolute atomic E-state index is 0.174. The van der Waals surface area contributed by atoms with Crippen LogP contribution in [0.2, 0.25) is 0 Å². The van der Waals surface area contributed by atoms with Crippen LogP contribution in [-0.4, -0.2) is 32.4 Å². The van der Waals surface area contributed by atoms with Gasteiger partial charge in [-0.2, -0.15) is 4.31 Å². The fraction of sp³-hybridized carbons (Fsp3) is 0.733. The Balaban J connectivity index is 2.04. The highest BCUT2D eigenvalue weighted by Gasteiger charge is 2.30. The van der Waals surface area contributed by atoms with Gasteiger partial charge in [0.25, 0.3) is 10.0 Å². The largest absolute Gasteiger partial charge is 0.313 e. The van der Waals surface area contributed by atoms with E-state index >= 15 is 0 Å². The summed E-state index contributed by atoms with van der Waals surface area (Å²) in [6, 6.07) is 2.00. The molecule has 1 aromatic rings. The number of sulfonamides is 1. The predicted molar refractivity (Wildman–Crippen MR) is 88.1 cm³/mol. The Kier molecular flexibility index (Phi) is 6.22. The minimum Gasteiger partial charge on any atom is -0.313 e. The highest BCUT2D eigenvalue weighted by molar-refractivity contribution is 7.91. The van der Waals surface area contributed by atoms with Crippen LogP contribution in [0, 0.1) is 0 Å². The van der Waals surface area contributed by atoms with Gasteiger partial charge in [-0.15, -0.1) is 11.3 Å². The quantitative estimate of drug-likeness (QED) is 0.781. The molecule has 21 heavy (non-hydrogen) atoms. The van der Waals surface area contributed by atoms with Gasteiger partial charge in [-0.1, -0.05) is 26.2 Å². The van der Waals surface area contributed by atoms with Gasteiger partial charge in [-0.3, -0.25) is 0 Å². The second-order valence-corrected chi connectivity index (χ2v) is 8.90. The van der Waals surface area contributed by atoms with Crippen molar-refractivity contribution in [3.63, 3.8) is 0 Å². The zero-order valence-electron chi connectivity index (χ0n) is 13.0. The first kappa shape index (κ1) is 16.9. The Morgan fingerprint density at radius 1 is 1.33 bits per heavy atom. The van der Waals surface area contributed by atoms with Gasteiger partial charge in [0.2, 0.25) is 0 Å². The Labute approximate surface area is 132 Å². The SMILES string of the molecule is CCCNCc1csc(S(=O)(=O)N(C)C2CCCCC2)c1. The van der Waals surface area contributed by atoms with Crippen LogP contribution in [0.1, 0.15) is 51.0 Å². The van der Waals surface area contributed by atoms with Crippen LogP contribution in [0.25, 0.3) is 0 Å². The third-order valence-corrected chi connectivity index (χ3v) is 7.48. The van der Waals surface area contributed by atoms with E-state index in [0.717, 1.165) is 50.8 Å². The van der Waals surface area contributed by atoms with Crippen molar-refractivity contribution in [1.82, 2.24) is 9.62 Å². The third-order valence-electron chi connectivity index (χ3n) is 4.11. The van der Waals surface area contributed by atoms with Gasteiger partial charge < -0.3 is 5.32 Å². The number of nitrogens with zero attached hydrogens (tertiary/aromatic N) is 1. The van der Waals surface area contributed by atoms with Gasteiger partial charge in [0, 0.05) is 19.6 Å². The number of hydrogen-bond acceptors (Lipinski definition) is 4.